The van der Waals surface area contributed by atoms with Crippen LogP contribution in [0.25, 0.3) is 0 Å². The molecule has 0 amide bonds. The summed E-state index contributed by atoms with van der Waals surface area (Å²) in [4.78, 5) is 4.96. The van der Waals surface area contributed by atoms with Crippen LogP contribution in [-0.2, 0) is 0 Å². The van der Waals surface area contributed by atoms with Crippen LogP contribution in [0.4, 0.5) is 5.69 Å². The summed E-state index contributed by atoms with van der Waals surface area (Å²) in [6.07, 6.45) is 0. The van der Waals surface area contributed by atoms with Crippen molar-refractivity contribution in [2.75, 3.05) is 38.2 Å². The third-order valence-corrected chi connectivity index (χ3v) is 4.65. The fourth-order valence-electron chi connectivity index (χ4n) is 2.50. The average molecular weight is 337 g/mol. The molecule has 0 spiro atoms. The zero-order chi connectivity index (χ0) is 14.5. The predicted octanol–water partition coefficient (Wildman–Crippen LogP) is 3.68. The number of nitrogens with zero attached hydrogens (tertiary/aromatic N) is 1. The Bertz CT molecular complexity index is 603. The highest BCUT2D eigenvalue weighted by Gasteiger charge is 2.14. The maximum atomic E-state index is 5.31. The Morgan fingerprint density at radius 2 is 1.82 bits per heavy atom. The molecule has 1 aliphatic rings. The van der Waals surface area contributed by atoms with Gasteiger partial charge in [-0.05, 0) is 30.3 Å². The molecule has 3 nitrogen and oxygen atoms in total. The number of para-hydroxylation sites is 1. The third-order valence-electron chi connectivity index (χ3n) is 3.59. The van der Waals surface area contributed by atoms with E-state index in [-0.39, 0.29) is 12.4 Å². The Labute approximate surface area is 142 Å². The van der Waals surface area contributed by atoms with Crippen molar-refractivity contribution in [3.8, 4) is 5.75 Å². The van der Waals surface area contributed by atoms with Gasteiger partial charge >= 0.3 is 0 Å². The number of nitrogens with one attached hydrogen (secondary N) is 1. The maximum absolute atomic E-state index is 5.31. The van der Waals surface area contributed by atoms with Crippen LogP contribution >= 0.6 is 24.2 Å². The largest absolute Gasteiger partial charge is 0.497 e. The molecule has 1 saturated heterocycles. The van der Waals surface area contributed by atoms with E-state index >= 15 is 0 Å². The fourth-order valence-corrected chi connectivity index (χ4v) is 3.53. The highest BCUT2D eigenvalue weighted by molar-refractivity contribution is 7.99. The Balaban J connectivity index is 0.00000176. The number of ether oxygens (including phenoxy) is 1. The minimum absolute atomic E-state index is 0. The lowest BCUT2D eigenvalue weighted by molar-refractivity contribution is 0.413. The van der Waals surface area contributed by atoms with Gasteiger partial charge in [0.2, 0.25) is 0 Å². The molecule has 2 aromatic carbocycles. The Morgan fingerprint density at radius 1 is 1.05 bits per heavy atom. The molecule has 1 fully saturated rings. The normalized spacial score (nSPS) is 14.3. The molecule has 1 heterocycles. The van der Waals surface area contributed by atoms with Crippen molar-refractivity contribution in [1.82, 2.24) is 5.32 Å². The van der Waals surface area contributed by atoms with Gasteiger partial charge in [-0.2, -0.15) is 0 Å². The summed E-state index contributed by atoms with van der Waals surface area (Å²) in [5.74, 6) is 0.902. The van der Waals surface area contributed by atoms with Crippen molar-refractivity contribution >= 4 is 29.9 Å². The molecule has 1 N–H and O–H groups in total. The van der Waals surface area contributed by atoms with Crippen LogP contribution in [0.1, 0.15) is 0 Å². The number of piperazine rings is 1. The van der Waals surface area contributed by atoms with Crippen LogP contribution in [-0.4, -0.2) is 33.3 Å². The first-order chi connectivity index (χ1) is 10.4. The van der Waals surface area contributed by atoms with Gasteiger partial charge in [-0.15, -0.1) is 12.4 Å². The molecule has 0 unspecified atom stereocenters. The SMILES string of the molecule is COc1cccc(Sc2ccccc2N2CCNCC2)c1.Cl. The average Bonchev–Trinajstić information content (AvgIpc) is 2.56. The molecule has 5 heteroatoms. The summed E-state index contributed by atoms with van der Waals surface area (Å²) < 4.78 is 5.31. The number of methoxy groups -OCH3 is 1. The van der Waals surface area contributed by atoms with E-state index in [1.165, 1.54) is 15.5 Å². The predicted molar refractivity (Wildman–Crippen MR) is 95.9 cm³/mol. The topological polar surface area (TPSA) is 24.5 Å². The zero-order valence-corrected chi connectivity index (χ0v) is 14.3. The number of hydrogen-bond acceptors (Lipinski definition) is 4. The lowest BCUT2D eigenvalue weighted by atomic mass is 10.2. The van der Waals surface area contributed by atoms with Crippen LogP contribution in [0.3, 0.4) is 0 Å². The van der Waals surface area contributed by atoms with Crippen molar-refractivity contribution in [3.05, 3.63) is 48.5 Å². The van der Waals surface area contributed by atoms with Gasteiger partial charge in [-0.25, -0.2) is 0 Å². The summed E-state index contributed by atoms with van der Waals surface area (Å²) in [7, 11) is 1.71. The standard InChI is InChI=1S/C17H20N2OS.ClH/c1-20-14-5-4-6-15(13-14)21-17-8-3-2-7-16(17)19-11-9-18-10-12-19;/h2-8,13,18H,9-12H2,1H3;1H. The molecule has 22 heavy (non-hydrogen) atoms. The van der Waals surface area contributed by atoms with Gasteiger partial charge in [0.05, 0.1) is 12.8 Å². The molecule has 2 aromatic rings. The van der Waals surface area contributed by atoms with Crippen molar-refractivity contribution < 1.29 is 4.74 Å². The van der Waals surface area contributed by atoms with Crippen LogP contribution in [0.15, 0.2) is 58.3 Å². The zero-order valence-electron chi connectivity index (χ0n) is 12.6. The van der Waals surface area contributed by atoms with Gasteiger partial charge in [-0.3, -0.25) is 0 Å². The fraction of sp³-hybridized carbons (Fsp3) is 0.294. The summed E-state index contributed by atoms with van der Waals surface area (Å²) in [6.45, 7) is 4.24. The lowest BCUT2D eigenvalue weighted by Gasteiger charge is -2.31. The molecule has 1 aliphatic heterocycles. The number of hydrogen-bond donors (Lipinski definition) is 1. The van der Waals surface area contributed by atoms with Gasteiger partial charge in [-0.1, -0.05) is 30.0 Å². The maximum Gasteiger partial charge on any atom is 0.119 e. The van der Waals surface area contributed by atoms with E-state index in [4.69, 9.17) is 4.74 Å². The van der Waals surface area contributed by atoms with E-state index < -0.39 is 0 Å². The van der Waals surface area contributed by atoms with Gasteiger partial charge in [0, 0.05) is 36.0 Å². The Kier molecular flexibility index (Phi) is 6.43. The molecule has 0 saturated carbocycles. The van der Waals surface area contributed by atoms with Crippen molar-refractivity contribution in [3.63, 3.8) is 0 Å². The number of anilines is 1. The molecular weight excluding hydrogens is 316 g/mol. The lowest BCUT2D eigenvalue weighted by Crippen LogP contribution is -2.43. The second-order valence-corrected chi connectivity index (χ2v) is 6.10. The molecule has 0 atom stereocenters. The third kappa shape index (κ3) is 4.09. The van der Waals surface area contributed by atoms with Gasteiger partial charge in [0.25, 0.3) is 0 Å². The van der Waals surface area contributed by atoms with E-state index in [1.54, 1.807) is 18.9 Å². The minimum atomic E-state index is 0. The van der Waals surface area contributed by atoms with Crippen LogP contribution in [0.5, 0.6) is 5.75 Å². The second kappa shape index (κ2) is 8.32. The van der Waals surface area contributed by atoms with Crippen LogP contribution in [0, 0.1) is 0 Å². The van der Waals surface area contributed by atoms with E-state index in [2.05, 4.69) is 46.6 Å². The minimum Gasteiger partial charge on any atom is -0.497 e. The number of halogens is 1. The molecule has 3 rings (SSSR count). The molecule has 0 radical (unpaired) electrons. The Morgan fingerprint density at radius 3 is 2.59 bits per heavy atom. The van der Waals surface area contributed by atoms with Crippen molar-refractivity contribution in [1.29, 1.82) is 0 Å². The van der Waals surface area contributed by atoms with Crippen molar-refractivity contribution in [2.24, 2.45) is 0 Å². The molecule has 0 aromatic heterocycles. The smallest absolute Gasteiger partial charge is 0.119 e. The van der Waals surface area contributed by atoms with E-state index in [1.807, 2.05) is 12.1 Å². The highest BCUT2D eigenvalue weighted by Crippen LogP contribution is 2.36. The van der Waals surface area contributed by atoms with Gasteiger partial charge < -0.3 is 15.0 Å². The summed E-state index contributed by atoms with van der Waals surface area (Å²) in [5.41, 5.74) is 1.33. The van der Waals surface area contributed by atoms with E-state index in [0.29, 0.717) is 0 Å². The first-order valence-corrected chi connectivity index (χ1v) is 8.05. The number of rotatable bonds is 4. The van der Waals surface area contributed by atoms with E-state index in [0.717, 1.165) is 31.9 Å². The first-order valence-electron chi connectivity index (χ1n) is 7.23. The second-order valence-electron chi connectivity index (χ2n) is 4.99. The van der Waals surface area contributed by atoms with Gasteiger partial charge in [0.1, 0.15) is 5.75 Å². The molecule has 0 bridgehead atoms. The molecule has 0 aliphatic carbocycles. The summed E-state index contributed by atoms with van der Waals surface area (Å²) in [5, 5.41) is 3.40. The highest BCUT2D eigenvalue weighted by atomic mass is 35.5. The molecular formula is C17H21ClN2OS. The van der Waals surface area contributed by atoms with Crippen LogP contribution < -0.4 is 15.0 Å². The van der Waals surface area contributed by atoms with Crippen molar-refractivity contribution in [2.45, 2.75) is 9.79 Å². The first kappa shape index (κ1) is 17.0. The quantitative estimate of drug-likeness (QED) is 0.920. The van der Waals surface area contributed by atoms with Gasteiger partial charge in [0.15, 0.2) is 0 Å². The Hall–Kier alpha value is -1.36. The summed E-state index contributed by atoms with van der Waals surface area (Å²) in [6, 6.07) is 16.9. The molecule has 118 valence electrons. The summed E-state index contributed by atoms with van der Waals surface area (Å²) >= 11 is 1.80. The van der Waals surface area contributed by atoms with E-state index in [9.17, 15) is 0 Å². The number of benzene rings is 2. The van der Waals surface area contributed by atoms with Crippen LogP contribution in [0.2, 0.25) is 0 Å². The monoisotopic (exact) mass is 336 g/mol.